The average Bonchev–Trinajstić information content (AvgIpc) is 3.50. The Morgan fingerprint density at radius 1 is 1.03 bits per heavy atom. The zero-order valence-corrected chi connectivity index (χ0v) is 17.8. The second-order valence-electron chi connectivity index (χ2n) is 6.13. The first-order valence-corrected chi connectivity index (χ1v) is 11.4. The van der Waals surface area contributed by atoms with Crippen LogP contribution in [0.5, 0.6) is 0 Å². The molecule has 0 radical (unpaired) electrons. The molecule has 1 aromatic carbocycles. The number of amides is 2. The van der Waals surface area contributed by atoms with Gasteiger partial charge in [-0.15, -0.1) is 22.7 Å². The molecule has 0 bridgehead atoms. The molecule has 0 aliphatic heterocycles. The van der Waals surface area contributed by atoms with E-state index in [4.69, 9.17) is 0 Å². The smallest absolute Gasteiger partial charge is 0.326 e. The molecule has 0 aliphatic rings. The van der Waals surface area contributed by atoms with Gasteiger partial charge in [0, 0.05) is 17.3 Å². The number of H-pyrrole nitrogens is 1. The van der Waals surface area contributed by atoms with Gasteiger partial charge in [0.1, 0.15) is 17.0 Å². The Kier molecular flexibility index (Phi) is 5.18. The molecule has 10 heteroatoms. The van der Waals surface area contributed by atoms with Crippen molar-refractivity contribution in [3.63, 3.8) is 0 Å². The predicted octanol–water partition coefficient (Wildman–Crippen LogP) is 5.94. The van der Waals surface area contributed by atoms with Crippen molar-refractivity contribution in [1.82, 2.24) is 19.9 Å². The molecular formula is C20H14N6OS3. The number of thiophene rings is 1. The number of rotatable bonds is 5. The number of thiazole rings is 1. The lowest BCUT2D eigenvalue weighted by Crippen LogP contribution is -2.18. The quantitative estimate of drug-likeness (QED) is 0.288. The summed E-state index contributed by atoms with van der Waals surface area (Å²) in [6, 6.07) is 15.7. The number of aromatic amines is 1. The lowest BCUT2D eigenvalue weighted by molar-refractivity contribution is 0.262. The number of nitrogens with one attached hydrogen (secondary N) is 3. The number of carbonyl (C=O) groups is 1. The molecule has 148 valence electrons. The summed E-state index contributed by atoms with van der Waals surface area (Å²) in [6.45, 7) is 0. The van der Waals surface area contributed by atoms with E-state index in [1.165, 1.54) is 22.7 Å². The van der Waals surface area contributed by atoms with Crippen LogP contribution in [-0.4, -0.2) is 26.0 Å². The van der Waals surface area contributed by atoms with E-state index in [1.807, 2.05) is 35.7 Å². The number of anilines is 2. The maximum Gasteiger partial charge on any atom is 0.326 e. The summed E-state index contributed by atoms with van der Waals surface area (Å²) in [7, 11) is 0. The van der Waals surface area contributed by atoms with Gasteiger partial charge in [0.15, 0.2) is 5.13 Å². The Bertz CT molecular complexity index is 1300. The monoisotopic (exact) mass is 450 g/mol. The number of fused-ring (bicyclic) bond motifs is 1. The van der Waals surface area contributed by atoms with Gasteiger partial charge < -0.3 is 4.98 Å². The summed E-state index contributed by atoms with van der Waals surface area (Å²) in [5, 5.41) is 10.5. The zero-order valence-electron chi connectivity index (χ0n) is 15.3. The van der Waals surface area contributed by atoms with E-state index in [-0.39, 0.29) is 6.03 Å². The van der Waals surface area contributed by atoms with Crippen LogP contribution in [0.3, 0.4) is 0 Å². The molecule has 4 heterocycles. The summed E-state index contributed by atoms with van der Waals surface area (Å²) < 4.78 is 1.02. The summed E-state index contributed by atoms with van der Waals surface area (Å²) in [6.07, 6.45) is 3.21. The molecular weight excluding hydrogens is 436 g/mol. The van der Waals surface area contributed by atoms with Crippen molar-refractivity contribution in [2.45, 2.75) is 9.24 Å². The van der Waals surface area contributed by atoms with E-state index in [0.717, 1.165) is 36.5 Å². The maximum absolute atomic E-state index is 12.1. The SMILES string of the molecule is O=C(Nc1ccc(Sc2ncnc3[nH]c(-c4ccccc4)cc23)s1)Nc1nccs1. The second kappa shape index (κ2) is 8.27. The summed E-state index contributed by atoms with van der Waals surface area (Å²) >= 11 is 4.40. The normalized spacial score (nSPS) is 10.9. The van der Waals surface area contributed by atoms with Crippen molar-refractivity contribution in [3.8, 4) is 11.3 Å². The molecule has 0 aliphatic carbocycles. The van der Waals surface area contributed by atoms with Crippen molar-refractivity contribution >= 4 is 61.6 Å². The van der Waals surface area contributed by atoms with Gasteiger partial charge in [-0.1, -0.05) is 42.1 Å². The molecule has 0 unspecified atom stereocenters. The molecule has 0 atom stereocenters. The molecule has 2 amide bonds. The number of hydrogen-bond donors (Lipinski definition) is 3. The predicted molar refractivity (Wildman–Crippen MR) is 123 cm³/mol. The van der Waals surface area contributed by atoms with Crippen LogP contribution in [0.2, 0.25) is 0 Å². The largest absolute Gasteiger partial charge is 0.339 e. The minimum absolute atomic E-state index is 0.314. The van der Waals surface area contributed by atoms with Crippen LogP contribution in [0.1, 0.15) is 0 Å². The highest BCUT2D eigenvalue weighted by Crippen LogP contribution is 2.38. The number of hydrogen-bond acceptors (Lipinski definition) is 7. The van der Waals surface area contributed by atoms with Crippen LogP contribution < -0.4 is 10.6 Å². The molecule has 5 rings (SSSR count). The van der Waals surface area contributed by atoms with Crippen LogP contribution in [0.25, 0.3) is 22.3 Å². The Morgan fingerprint density at radius 2 is 1.93 bits per heavy atom. The molecule has 0 saturated carbocycles. The highest BCUT2D eigenvalue weighted by molar-refractivity contribution is 8.01. The van der Waals surface area contributed by atoms with Crippen LogP contribution in [-0.2, 0) is 0 Å². The number of benzene rings is 1. The fraction of sp³-hybridized carbons (Fsp3) is 0. The number of nitrogens with zero attached hydrogens (tertiary/aromatic N) is 3. The van der Waals surface area contributed by atoms with E-state index in [0.29, 0.717) is 5.13 Å². The van der Waals surface area contributed by atoms with Crippen molar-refractivity contribution in [2.24, 2.45) is 0 Å². The first-order chi connectivity index (χ1) is 14.7. The lowest BCUT2D eigenvalue weighted by Gasteiger charge is -2.02. The van der Waals surface area contributed by atoms with E-state index >= 15 is 0 Å². The van der Waals surface area contributed by atoms with Crippen LogP contribution >= 0.6 is 34.4 Å². The second-order valence-corrected chi connectivity index (χ2v) is 9.39. The third-order valence-corrected chi connectivity index (χ3v) is 6.98. The fourth-order valence-electron chi connectivity index (χ4n) is 2.83. The van der Waals surface area contributed by atoms with Crippen LogP contribution in [0.4, 0.5) is 14.9 Å². The van der Waals surface area contributed by atoms with Crippen LogP contribution in [0.15, 0.2) is 75.7 Å². The van der Waals surface area contributed by atoms with Crippen molar-refractivity contribution < 1.29 is 4.79 Å². The Balaban J connectivity index is 1.33. The Labute approximate surface area is 183 Å². The van der Waals surface area contributed by atoms with Crippen LogP contribution in [0, 0.1) is 0 Å². The fourth-order valence-corrected chi connectivity index (χ4v) is 5.36. The molecule has 4 aromatic heterocycles. The lowest BCUT2D eigenvalue weighted by atomic mass is 10.1. The van der Waals surface area contributed by atoms with Gasteiger partial charge in [-0.3, -0.25) is 10.6 Å². The maximum atomic E-state index is 12.1. The van der Waals surface area contributed by atoms with E-state index in [2.05, 4.69) is 48.8 Å². The average molecular weight is 451 g/mol. The molecule has 7 nitrogen and oxygen atoms in total. The highest BCUT2D eigenvalue weighted by Gasteiger charge is 2.13. The van der Waals surface area contributed by atoms with Crippen molar-refractivity contribution in [3.05, 3.63) is 66.4 Å². The van der Waals surface area contributed by atoms with Gasteiger partial charge in [0.25, 0.3) is 0 Å². The molecule has 5 aromatic rings. The van der Waals surface area contributed by atoms with E-state index in [9.17, 15) is 4.79 Å². The highest BCUT2D eigenvalue weighted by atomic mass is 32.2. The minimum atomic E-state index is -0.314. The van der Waals surface area contributed by atoms with Gasteiger partial charge in [0.05, 0.1) is 14.6 Å². The number of urea groups is 1. The number of aromatic nitrogens is 4. The molecule has 0 fully saturated rings. The topological polar surface area (TPSA) is 95.6 Å². The summed E-state index contributed by atoms with van der Waals surface area (Å²) in [5.41, 5.74) is 2.89. The van der Waals surface area contributed by atoms with Gasteiger partial charge in [-0.05, 0) is 23.8 Å². The molecule has 3 N–H and O–H groups in total. The third kappa shape index (κ3) is 4.06. The van der Waals surface area contributed by atoms with E-state index in [1.54, 1.807) is 24.3 Å². The molecule has 0 saturated heterocycles. The first-order valence-electron chi connectivity index (χ1n) is 8.89. The first kappa shape index (κ1) is 18.8. The molecule has 0 spiro atoms. The number of carbonyl (C=O) groups excluding carboxylic acids is 1. The standard InChI is InChI=1S/C20H14N6OS3/c27-19(26-20-21-8-9-28-20)25-15-6-7-16(29-15)30-18-13-10-14(12-4-2-1-3-5-12)24-17(13)22-11-23-18/h1-11H,(H,22,23,24)(H2,21,25,26,27). The summed E-state index contributed by atoms with van der Waals surface area (Å²) in [5.74, 6) is 0. The summed E-state index contributed by atoms with van der Waals surface area (Å²) in [4.78, 5) is 28.3. The third-order valence-electron chi connectivity index (χ3n) is 4.14. The Morgan fingerprint density at radius 3 is 2.77 bits per heavy atom. The van der Waals surface area contributed by atoms with Gasteiger partial charge in [0.2, 0.25) is 0 Å². The van der Waals surface area contributed by atoms with Gasteiger partial charge >= 0.3 is 6.03 Å². The van der Waals surface area contributed by atoms with E-state index < -0.39 is 0 Å². The molecule has 30 heavy (non-hydrogen) atoms. The van der Waals surface area contributed by atoms with Gasteiger partial charge in [-0.25, -0.2) is 19.7 Å². The zero-order chi connectivity index (χ0) is 20.3. The Hall–Kier alpha value is -3.21. The van der Waals surface area contributed by atoms with Crippen molar-refractivity contribution in [1.29, 1.82) is 0 Å². The van der Waals surface area contributed by atoms with Gasteiger partial charge in [-0.2, -0.15) is 0 Å². The van der Waals surface area contributed by atoms with Crippen molar-refractivity contribution in [2.75, 3.05) is 10.6 Å². The minimum Gasteiger partial charge on any atom is -0.339 e.